The minimum atomic E-state index is -0.465. The van der Waals surface area contributed by atoms with Gasteiger partial charge in [-0.1, -0.05) is 0 Å². The molecule has 0 saturated carbocycles. The molecule has 0 bridgehead atoms. The first-order valence-corrected chi connectivity index (χ1v) is 10.1. The summed E-state index contributed by atoms with van der Waals surface area (Å²) in [5, 5.41) is 5.79. The topological polar surface area (TPSA) is 87.5 Å². The van der Waals surface area contributed by atoms with E-state index in [-0.39, 0.29) is 18.2 Å². The van der Waals surface area contributed by atoms with Gasteiger partial charge in [0.2, 0.25) is 11.8 Å². The Labute approximate surface area is 163 Å². The highest BCUT2D eigenvalue weighted by Gasteiger charge is 2.32. The molecule has 1 fully saturated rings. The fourth-order valence-electron chi connectivity index (χ4n) is 3.23. The molecule has 1 aliphatic rings. The first kappa shape index (κ1) is 19.6. The standard InChI is InChI=1S/C19H26N4O3S/c1-13-5-6-15(26-13)11-23-9-8-21-19(25)16(23)10-18(24)20-7-3-4-17-14(2)22-12-27-17/h5-6,12,16H,3-4,7-11H2,1-2H3,(H,20,24)(H,21,25). The first-order chi connectivity index (χ1) is 13.0. The van der Waals surface area contributed by atoms with Crippen LogP contribution in [0.3, 0.4) is 0 Å². The lowest BCUT2D eigenvalue weighted by atomic mass is 10.1. The highest BCUT2D eigenvalue weighted by molar-refractivity contribution is 7.09. The molecule has 1 saturated heterocycles. The normalized spacial score (nSPS) is 17.7. The average molecular weight is 391 g/mol. The summed E-state index contributed by atoms with van der Waals surface area (Å²) in [6.07, 6.45) is 1.93. The number of aromatic nitrogens is 1. The van der Waals surface area contributed by atoms with Crippen LogP contribution in [0.5, 0.6) is 0 Å². The van der Waals surface area contributed by atoms with Gasteiger partial charge in [-0.2, -0.15) is 0 Å². The average Bonchev–Trinajstić information content (AvgIpc) is 3.23. The minimum Gasteiger partial charge on any atom is -0.465 e. The van der Waals surface area contributed by atoms with Crippen molar-refractivity contribution in [3.63, 3.8) is 0 Å². The molecule has 1 aliphatic heterocycles. The van der Waals surface area contributed by atoms with Crippen molar-refractivity contribution in [3.05, 3.63) is 39.7 Å². The minimum absolute atomic E-state index is 0.0973. The molecule has 2 aromatic rings. The van der Waals surface area contributed by atoms with Crippen molar-refractivity contribution in [2.75, 3.05) is 19.6 Å². The third kappa shape index (κ3) is 5.40. The summed E-state index contributed by atoms with van der Waals surface area (Å²) in [4.78, 5) is 32.1. The van der Waals surface area contributed by atoms with E-state index in [1.165, 1.54) is 4.88 Å². The number of nitrogens with zero attached hydrogens (tertiary/aromatic N) is 2. The molecule has 0 aliphatic carbocycles. The van der Waals surface area contributed by atoms with Crippen LogP contribution in [-0.2, 0) is 22.6 Å². The number of furan rings is 1. The Hall–Kier alpha value is -2.19. The lowest BCUT2D eigenvalue weighted by molar-refractivity contribution is -0.134. The fraction of sp³-hybridized carbons (Fsp3) is 0.526. The zero-order chi connectivity index (χ0) is 19.2. The Morgan fingerprint density at radius 1 is 1.44 bits per heavy atom. The van der Waals surface area contributed by atoms with Crippen LogP contribution < -0.4 is 10.6 Å². The Kier molecular flexibility index (Phi) is 6.63. The van der Waals surface area contributed by atoms with Crippen molar-refractivity contribution in [2.45, 2.75) is 45.7 Å². The number of carbonyl (C=O) groups is 2. The molecule has 3 rings (SSSR count). The quantitative estimate of drug-likeness (QED) is 0.671. The number of nitrogens with one attached hydrogen (secondary N) is 2. The second-order valence-electron chi connectivity index (χ2n) is 6.81. The SMILES string of the molecule is Cc1ccc(CN2CCNC(=O)C2CC(=O)NCCCc2scnc2C)o1. The first-order valence-electron chi connectivity index (χ1n) is 9.25. The van der Waals surface area contributed by atoms with E-state index in [0.29, 0.717) is 26.2 Å². The molecule has 0 radical (unpaired) electrons. The second-order valence-corrected chi connectivity index (χ2v) is 7.75. The number of amides is 2. The Bertz CT molecular complexity index is 786. The van der Waals surface area contributed by atoms with Crippen molar-refractivity contribution in [1.29, 1.82) is 0 Å². The molecule has 0 aromatic carbocycles. The monoisotopic (exact) mass is 390 g/mol. The van der Waals surface area contributed by atoms with E-state index in [1.807, 2.05) is 36.4 Å². The van der Waals surface area contributed by atoms with Gasteiger partial charge in [0, 0.05) is 24.5 Å². The van der Waals surface area contributed by atoms with Gasteiger partial charge in [0.25, 0.3) is 0 Å². The molecule has 2 aromatic heterocycles. The van der Waals surface area contributed by atoms with Crippen LogP contribution in [-0.4, -0.2) is 47.4 Å². The lowest BCUT2D eigenvalue weighted by Crippen LogP contribution is -2.56. The molecular weight excluding hydrogens is 364 g/mol. The third-order valence-electron chi connectivity index (χ3n) is 4.72. The van der Waals surface area contributed by atoms with Gasteiger partial charge in [-0.3, -0.25) is 14.5 Å². The van der Waals surface area contributed by atoms with Gasteiger partial charge in [-0.15, -0.1) is 11.3 Å². The van der Waals surface area contributed by atoms with Gasteiger partial charge >= 0.3 is 0 Å². The third-order valence-corrected chi connectivity index (χ3v) is 5.72. The number of hydrogen-bond donors (Lipinski definition) is 2. The van der Waals surface area contributed by atoms with E-state index < -0.39 is 6.04 Å². The van der Waals surface area contributed by atoms with Crippen molar-refractivity contribution >= 4 is 23.2 Å². The summed E-state index contributed by atoms with van der Waals surface area (Å²) < 4.78 is 5.62. The van der Waals surface area contributed by atoms with Crippen LogP contribution in [0.2, 0.25) is 0 Å². The fourth-order valence-corrected chi connectivity index (χ4v) is 4.06. The molecule has 146 valence electrons. The molecule has 7 nitrogen and oxygen atoms in total. The molecule has 2 amide bonds. The van der Waals surface area contributed by atoms with Crippen LogP contribution in [0.1, 0.15) is 34.9 Å². The molecule has 27 heavy (non-hydrogen) atoms. The smallest absolute Gasteiger partial charge is 0.237 e. The summed E-state index contributed by atoms with van der Waals surface area (Å²) in [6.45, 7) is 6.32. The number of aryl methyl sites for hydroxylation is 3. The van der Waals surface area contributed by atoms with Gasteiger partial charge in [0.05, 0.1) is 30.2 Å². The van der Waals surface area contributed by atoms with E-state index in [9.17, 15) is 9.59 Å². The van der Waals surface area contributed by atoms with E-state index in [2.05, 4.69) is 15.6 Å². The predicted molar refractivity (Wildman–Crippen MR) is 103 cm³/mol. The summed E-state index contributed by atoms with van der Waals surface area (Å²) in [6, 6.07) is 3.36. The zero-order valence-electron chi connectivity index (χ0n) is 15.8. The highest BCUT2D eigenvalue weighted by Crippen LogP contribution is 2.16. The number of piperazine rings is 1. The maximum absolute atomic E-state index is 12.3. The van der Waals surface area contributed by atoms with E-state index in [4.69, 9.17) is 4.42 Å². The van der Waals surface area contributed by atoms with Crippen LogP contribution >= 0.6 is 11.3 Å². The van der Waals surface area contributed by atoms with Gasteiger partial charge in [0.15, 0.2) is 0 Å². The maximum atomic E-state index is 12.3. The highest BCUT2D eigenvalue weighted by atomic mass is 32.1. The van der Waals surface area contributed by atoms with E-state index in [0.717, 1.165) is 30.1 Å². The molecule has 2 N–H and O–H groups in total. The predicted octanol–water partition coefficient (Wildman–Crippen LogP) is 1.79. The molecule has 1 unspecified atom stereocenters. The maximum Gasteiger partial charge on any atom is 0.237 e. The van der Waals surface area contributed by atoms with Gasteiger partial charge in [-0.05, 0) is 38.8 Å². The Balaban J connectivity index is 1.47. The summed E-state index contributed by atoms with van der Waals surface area (Å²) >= 11 is 1.65. The van der Waals surface area contributed by atoms with Crippen molar-refractivity contribution in [2.24, 2.45) is 0 Å². The largest absolute Gasteiger partial charge is 0.465 e. The van der Waals surface area contributed by atoms with Crippen molar-refractivity contribution < 1.29 is 14.0 Å². The molecule has 3 heterocycles. The zero-order valence-corrected chi connectivity index (χ0v) is 16.6. The molecular formula is C19H26N4O3S. The Morgan fingerprint density at radius 2 is 2.30 bits per heavy atom. The van der Waals surface area contributed by atoms with Crippen LogP contribution in [0.15, 0.2) is 22.1 Å². The van der Waals surface area contributed by atoms with Crippen LogP contribution in [0.25, 0.3) is 0 Å². The van der Waals surface area contributed by atoms with Crippen LogP contribution in [0.4, 0.5) is 0 Å². The van der Waals surface area contributed by atoms with E-state index >= 15 is 0 Å². The molecule has 0 spiro atoms. The number of carbonyl (C=O) groups excluding carboxylic acids is 2. The number of rotatable bonds is 8. The van der Waals surface area contributed by atoms with Gasteiger partial charge < -0.3 is 15.1 Å². The number of thiazole rings is 1. The van der Waals surface area contributed by atoms with Crippen molar-refractivity contribution in [3.8, 4) is 0 Å². The summed E-state index contributed by atoms with van der Waals surface area (Å²) in [5.41, 5.74) is 2.91. The molecule has 8 heteroatoms. The Morgan fingerprint density at radius 3 is 3.00 bits per heavy atom. The van der Waals surface area contributed by atoms with Crippen molar-refractivity contribution in [1.82, 2.24) is 20.5 Å². The second kappa shape index (κ2) is 9.14. The summed E-state index contributed by atoms with van der Waals surface area (Å²) in [7, 11) is 0. The lowest BCUT2D eigenvalue weighted by Gasteiger charge is -2.34. The molecule has 1 atom stereocenters. The summed E-state index contributed by atoms with van der Waals surface area (Å²) in [5.74, 6) is 1.46. The number of hydrogen-bond acceptors (Lipinski definition) is 6. The van der Waals surface area contributed by atoms with Gasteiger partial charge in [-0.25, -0.2) is 4.98 Å². The van der Waals surface area contributed by atoms with Gasteiger partial charge in [0.1, 0.15) is 11.5 Å². The van der Waals surface area contributed by atoms with E-state index in [1.54, 1.807) is 11.3 Å². The van der Waals surface area contributed by atoms with Crippen LogP contribution in [0, 0.1) is 13.8 Å².